The number of nitrogens with zero attached hydrogens (tertiary/aromatic N) is 1. The summed E-state index contributed by atoms with van der Waals surface area (Å²) in [5.74, 6) is 0.131. The zero-order valence-corrected chi connectivity index (χ0v) is 10.7. The van der Waals surface area contributed by atoms with E-state index in [0.29, 0.717) is 16.3 Å². The molecular formula is C13H11FN2O2S. The first kappa shape index (κ1) is 13.4. The first-order valence-corrected chi connectivity index (χ1v) is 6.45. The molecule has 0 saturated heterocycles. The number of nitrogens with two attached hydrogens (primary N) is 1. The van der Waals surface area contributed by atoms with Crippen molar-refractivity contribution in [2.45, 2.75) is 10.6 Å². The van der Waals surface area contributed by atoms with Gasteiger partial charge in [-0.2, -0.15) is 0 Å². The average Bonchev–Trinajstić information content (AvgIpc) is 2.35. The highest BCUT2D eigenvalue weighted by atomic mass is 32.2. The molecule has 0 radical (unpaired) electrons. The summed E-state index contributed by atoms with van der Waals surface area (Å²) in [7, 11) is 0. The summed E-state index contributed by atoms with van der Waals surface area (Å²) in [6, 6.07) is 10.7. The molecule has 0 spiro atoms. The molecule has 0 aliphatic carbocycles. The third kappa shape index (κ3) is 3.69. The van der Waals surface area contributed by atoms with Crippen molar-refractivity contribution in [2.24, 2.45) is 0 Å². The fraction of sp³-hybridized carbons (Fsp3) is 0.0769. The molecular weight excluding hydrogens is 267 g/mol. The van der Waals surface area contributed by atoms with Gasteiger partial charge in [-0.25, -0.2) is 4.39 Å². The second-order valence-electron chi connectivity index (χ2n) is 3.94. The highest BCUT2D eigenvalue weighted by molar-refractivity contribution is 7.98. The van der Waals surface area contributed by atoms with Gasteiger partial charge in [-0.15, -0.1) is 11.8 Å². The molecule has 4 nitrogen and oxygen atoms in total. The number of hydrogen-bond donors (Lipinski definition) is 1. The molecule has 0 heterocycles. The lowest BCUT2D eigenvalue weighted by Gasteiger charge is -2.04. The second kappa shape index (κ2) is 5.71. The van der Waals surface area contributed by atoms with Crippen molar-refractivity contribution in [3.63, 3.8) is 0 Å². The number of non-ortho nitro benzene ring substituents is 1. The van der Waals surface area contributed by atoms with Crippen molar-refractivity contribution in [2.75, 3.05) is 5.73 Å². The van der Waals surface area contributed by atoms with Crippen molar-refractivity contribution < 1.29 is 9.31 Å². The Labute approximate surface area is 113 Å². The lowest BCUT2D eigenvalue weighted by atomic mass is 10.2. The minimum atomic E-state index is -0.436. The summed E-state index contributed by atoms with van der Waals surface area (Å²) < 4.78 is 13.1. The van der Waals surface area contributed by atoms with Crippen molar-refractivity contribution in [3.8, 4) is 0 Å². The number of rotatable bonds is 4. The van der Waals surface area contributed by atoms with Gasteiger partial charge in [0.25, 0.3) is 5.69 Å². The highest BCUT2D eigenvalue weighted by Crippen LogP contribution is 2.26. The lowest BCUT2D eigenvalue weighted by Crippen LogP contribution is -1.90. The maximum absolute atomic E-state index is 13.1. The highest BCUT2D eigenvalue weighted by Gasteiger charge is 2.06. The molecule has 2 aromatic rings. The number of anilines is 1. The van der Waals surface area contributed by atoms with Gasteiger partial charge in [-0.1, -0.05) is 12.1 Å². The standard InChI is InChI=1S/C13H11FN2O2S/c14-10-5-11(15)7-13(6-10)19-8-9-2-1-3-12(4-9)16(17)18/h1-7H,8,15H2. The van der Waals surface area contributed by atoms with Crippen LogP contribution in [0.15, 0.2) is 47.4 Å². The van der Waals surface area contributed by atoms with E-state index in [4.69, 9.17) is 5.73 Å². The molecule has 0 aliphatic heterocycles. The van der Waals surface area contributed by atoms with Crippen LogP contribution in [0, 0.1) is 15.9 Å². The Balaban J connectivity index is 2.10. The summed E-state index contributed by atoms with van der Waals surface area (Å²) in [6.07, 6.45) is 0. The quantitative estimate of drug-likeness (QED) is 0.401. The largest absolute Gasteiger partial charge is 0.399 e. The molecule has 2 rings (SSSR count). The summed E-state index contributed by atoms with van der Waals surface area (Å²) >= 11 is 1.38. The van der Waals surface area contributed by atoms with E-state index in [9.17, 15) is 14.5 Å². The van der Waals surface area contributed by atoms with Crippen LogP contribution in [0.5, 0.6) is 0 Å². The van der Waals surface area contributed by atoms with Crippen molar-refractivity contribution >= 4 is 23.1 Å². The van der Waals surface area contributed by atoms with E-state index in [1.807, 2.05) is 0 Å². The van der Waals surface area contributed by atoms with Crippen molar-refractivity contribution in [1.29, 1.82) is 0 Å². The SMILES string of the molecule is Nc1cc(F)cc(SCc2cccc([N+](=O)[O-])c2)c1. The van der Waals surface area contributed by atoms with E-state index in [2.05, 4.69) is 0 Å². The Bertz CT molecular complexity index is 599. The van der Waals surface area contributed by atoms with Gasteiger partial charge in [-0.3, -0.25) is 10.1 Å². The van der Waals surface area contributed by atoms with Gasteiger partial charge < -0.3 is 5.73 Å². The van der Waals surface area contributed by atoms with Crippen LogP contribution in [0.3, 0.4) is 0 Å². The van der Waals surface area contributed by atoms with Gasteiger partial charge in [0.2, 0.25) is 0 Å². The third-order valence-electron chi connectivity index (χ3n) is 2.42. The average molecular weight is 278 g/mol. The van der Waals surface area contributed by atoms with Crippen LogP contribution in [0.2, 0.25) is 0 Å². The van der Waals surface area contributed by atoms with Crippen LogP contribution in [-0.2, 0) is 5.75 Å². The predicted octanol–water partition coefficient (Wildman–Crippen LogP) is 3.61. The molecule has 2 N–H and O–H groups in total. The molecule has 98 valence electrons. The van der Waals surface area contributed by atoms with Crippen molar-refractivity contribution in [1.82, 2.24) is 0 Å². The lowest BCUT2D eigenvalue weighted by molar-refractivity contribution is -0.384. The van der Waals surface area contributed by atoms with E-state index in [0.717, 1.165) is 5.56 Å². The molecule has 0 fully saturated rings. The van der Waals surface area contributed by atoms with Crippen LogP contribution >= 0.6 is 11.8 Å². The molecule has 19 heavy (non-hydrogen) atoms. The fourth-order valence-corrected chi connectivity index (χ4v) is 2.52. The Morgan fingerprint density at radius 1 is 1.26 bits per heavy atom. The van der Waals surface area contributed by atoms with E-state index in [-0.39, 0.29) is 11.5 Å². The first-order valence-electron chi connectivity index (χ1n) is 5.47. The van der Waals surface area contributed by atoms with Crippen LogP contribution < -0.4 is 5.73 Å². The summed E-state index contributed by atoms with van der Waals surface area (Å²) in [5.41, 5.74) is 6.77. The fourth-order valence-electron chi connectivity index (χ4n) is 1.59. The zero-order valence-electron chi connectivity index (χ0n) is 9.88. The zero-order chi connectivity index (χ0) is 13.8. The molecule has 0 bridgehead atoms. The smallest absolute Gasteiger partial charge is 0.269 e. The first-order chi connectivity index (χ1) is 9.04. The normalized spacial score (nSPS) is 10.4. The van der Waals surface area contributed by atoms with Gasteiger partial charge in [-0.05, 0) is 23.8 Å². The van der Waals surface area contributed by atoms with Crippen LogP contribution in [-0.4, -0.2) is 4.92 Å². The molecule has 0 aliphatic rings. The minimum Gasteiger partial charge on any atom is -0.399 e. The van der Waals surface area contributed by atoms with Gasteiger partial charge in [0.15, 0.2) is 0 Å². The van der Waals surface area contributed by atoms with Gasteiger partial charge in [0.1, 0.15) is 5.82 Å². The van der Waals surface area contributed by atoms with Gasteiger partial charge >= 0.3 is 0 Å². The van der Waals surface area contributed by atoms with Crippen LogP contribution in [0.25, 0.3) is 0 Å². The second-order valence-corrected chi connectivity index (χ2v) is 4.98. The van der Waals surface area contributed by atoms with Crippen molar-refractivity contribution in [3.05, 3.63) is 64.0 Å². The number of nitro groups is 1. The maximum atomic E-state index is 13.1. The maximum Gasteiger partial charge on any atom is 0.269 e. The Kier molecular flexibility index (Phi) is 4.01. The Morgan fingerprint density at radius 2 is 2.05 bits per heavy atom. The number of hydrogen-bond acceptors (Lipinski definition) is 4. The van der Waals surface area contributed by atoms with E-state index in [1.165, 1.54) is 36.0 Å². The van der Waals surface area contributed by atoms with Crippen LogP contribution in [0.1, 0.15) is 5.56 Å². The predicted molar refractivity (Wildman–Crippen MR) is 73.5 cm³/mol. The van der Waals surface area contributed by atoms with Crippen LogP contribution in [0.4, 0.5) is 15.8 Å². The molecule has 0 aromatic heterocycles. The summed E-state index contributed by atoms with van der Waals surface area (Å²) in [4.78, 5) is 10.9. The van der Waals surface area contributed by atoms with E-state index < -0.39 is 4.92 Å². The third-order valence-corrected chi connectivity index (χ3v) is 3.47. The molecule has 0 atom stereocenters. The minimum absolute atomic E-state index is 0.0526. The molecule has 2 aromatic carbocycles. The molecule has 0 amide bonds. The number of nitrogen functional groups attached to an aromatic ring is 1. The Morgan fingerprint density at radius 3 is 2.74 bits per heavy atom. The number of benzene rings is 2. The molecule has 0 saturated carbocycles. The molecule has 6 heteroatoms. The summed E-state index contributed by atoms with van der Waals surface area (Å²) in [6.45, 7) is 0. The van der Waals surface area contributed by atoms with Gasteiger partial charge in [0, 0.05) is 28.5 Å². The monoisotopic (exact) mass is 278 g/mol. The van der Waals surface area contributed by atoms with Gasteiger partial charge in [0.05, 0.1) is 4.92 Å². The number of thioether (sulfide) groups is 1. The number of nitro benzene ring substituents is 1. The summed E-state index contributed by atoms with van der Waals surface area (Å²) in [5, 5.41) is 10.6. The Hall–Kier alpha value is -2.08. The number of halogens is 1. The van der Waals surface area contributed by atoms with E-state index in [1.54, 1.807) is 18.2 Å². The van der Waals surface area contributed by atoms with E-state index >= 15 is 0 Å². The topological polar surface area (TPSA) is 69.2 Å². The molecule has 0 unspecified atom stereocenters.